The van der Waals surface area contributed by atoms with Crippen LogP contribution in [0.4, 0.5) is 0 Å². The second kappa shape index (κ2) is 5.71. The van der Waals surface area contributed by atoms with E-state index < -0.39 is 5.97 Å². The molecule has 0 amide bonds. The first kappa shape index (κ1) is 13.4. The van der Waals surface area contributed by atoms with Crippen LogP contribution >= 0.6 is 11.6 Å². The van der Waals surface area contributed by atoms with E-state index in [1.165, 1.54) is 12.3 Å². The van der Waals surface area contributed by atoms with Crippen LogP contribution in [0.5, 0.6) is 0 Å². The number of nitrogens with one attached hydrogen (secondary N) is 1. The molecule has 1 atom stereocenters. The van der Waals surface area contributed by atoms with Crippen LogP contribution in [0.15, 0.2) is 47.4 Å². The van der Waals surface area contributed by atoms with Crippen LogP contribution in [0.2, 0.25) is 5.02 Å². The van der Waals surface area contributed by atoms with Gasteiger partial charge in [0.05, 0.1) is 6.42 Å². The lowest BCUT2D eigenvalue weighted by Crippen LogP contribution is -2.12. The topological polar surface area (TPSA) is 70.2 Å². The lowest BCUT2D eigenvalue weighted by molar-refractivity contribution is -0.137. The number of benzene rings is 1. The molecule has 0 bridgehead atoms. The number of carbonyl (C=O) groups is 1. The maximum Gasteiger partial charge on any atom is 0.304 e. The van der Waals surface area contributed by atoms with E-state index in [1.807, 2.05) is 0 Å². The van der Waals surface area contributed by atoms with Gasteiger partial charge in [-0.05, 0) is 29.3 Å². The molecule has 0 unspecified atom stereocenters. The molecule has 4 nitrogen and oxygen atoms in total. The van der Waals surface area contributed by atoms with E-state index >= 15 is 0 Å². The Kier molecular flexibility index (Phi) is 4.02. The zero-order chi connectivity index (χ0) is 13.8. The van der Waals surface area contributed by atoms with Crippen LogP contribution in [0.1, 0.15) is 23.5 Å². The number of aromatic amines is 1. The van der Waals surface area contributed by atoms with E-state index in [9.17, 15) is 9.59 Å². The summed E-state index contributed by atoms with van der Waals surface area (Å²) in [6.07, 6.45) is 1.44. The van der Waals surface area contributed by atoms with Gasteiger partial charge in [0.15, 0.2) is 0 Å². The van der Waals surface area contributed by atoms with Gasteiger partial charge in [0.2, 0.25) is 5.56 Å². The number of carboxylic acid groups (broad SMARTS) is 1. The van der Waals surface area contributed by atoms with Gasteiger partial charge < -0.3 is 10.1 Å². The molecule has 0 fully saturated rings. The van der Waals surface area contributed by atoms with Crippen molar-refractivity contribution in [2.75, 3.05) is 0 Å². The summed E-state index contributed by atoms with van der Waals surface area (Å²) < 4.78 is 0. The largest absolute Gasteiger partial charge is 0.481 e. The zero-order valence-corrected chi connectivity index (χ0v) is 10.7. The predicted molar refractivity (Wildman–Crippen MR) is 72.6 cm³/mol. The monoisotopic (exact) mass is 277 g/mol. The SMILES string of the molecule is O=C(O)C[C@@H](c1ccc(Cl)cc1)c1cc[nH]c(=O)c1. The maximum atomic E-state index is 11.3. The van der Waals surface area contributed by atoms with Crippen LogP contribution in [0, 0.1) is 0 Å². The van der Waals surface area contributed by atoms with Crippen molar-refractivity contribution in [2.45, 2.75) is 12.3 Å². The van der Waals surface area contributed by atoms with E-state index in [1.54, 1.807) is 30.3 Å². The Labute approximate surface area is 114 Å². The van der Waals surface area contributed by atoms with Gasteiger partial charge in [-0.25, -0.2) is 0 Å². The summed E-state index contributed by atoms with van der Waals surface area (Å²) in [5, 5.41) is 9.61. The molecule has 2 rings (SSSR count). The number of halogens is 1. The minimum Gasteiger partial charge on any atom is -0.481 e. The number of aromatic nitrogens is 1. The third kappa shape index (κ3) is 3.45. The average molecular weight is 278 g/mol. The molecular weight excluding hydrogens is 266 g/mol. The molecule has 0 saturated heterocycles. The number of H-pyrrole nitrogens is 1. The van der Waals surface area contributed by atoms with Gasteiger partial charge in [-0.15, -0.1) is 0 Å². The molecule has 1 aromatic carbocycles. The van der Waals surface area contributed by atoms with Crippen molar-refractivity contribution in [2.24, 2.45) is 0 Å². The van der Waals surface area contributed by atoms with Gasteiger partial charge in [0.1, 0.15) is 0 Å². The zero-order valence-electron chi connectivity index (χ0n) is 9.97. The molecule has 98 valence electrons. The van der Waals surface area contributed by atoms with E-state index in [0.717, 1.165) is 5.56 Å². The first-order valence-corrected chi connectivity index (χ1v) is 6.10. The molecule has 2 aromatic rings. The van der Waals surface area contributed by atoms with Crippen molar-refractivity contribution in [1.82, 2.24) is 4.98 Å². The highest BCUT2D eigenvalue weighted by Gasteiger charge is 2.18. The van der Waals surface area contributed by atoms with Crippen molar-refractivity contribution in [3.8, 4) is 0 Å². The number of hydrogen-bond acceptors (Lipinski definition) is 2. The summed E-state index contributed by atoms with van der Waals surface area (Å²) in [6, 6.07) is 10.1. The van der Waals surface area contributed by atoms with Crippen LogP contribution in [-0.2, 0) is 4.79 Å². The van der Waals surface area contributed by atoms with E-state index in [-0.39, 0.29) is 17.9 Å². The minimum absolute atomic E-state index is 0.0783. The molecule has 2 N–H and O–H groups in total. The van der Waals surface area contributed by atoms with Crippen molar-refractivity contribution >= 4 is 17.6 Å². The molecule has 19 heavy (non-hydrogen) atoms. The van der Waals surface area contributed by atoms with Crippen molar-refractivity contribution in [3.63, 3.8) is 0 Å². The molecular formula is C14H12ClNO3. The van der Waals surface area contributed by atoms with E-state index in [2.05, 4.69) is 4.98 Å². The van der Waals surface area contributed by atoms with Gasteiger partial charge in [-0.1, -0.05) is 23.7 Å². The van der Waals surface area contributed by atoms with Gasteiger partial charge >= 0.3 is 5.97 Å². The molecule has 0 aliphatic carbocycles. The summed E-state index contributed by atoms with van der Waals surface area (Å²) in [6.45, 7) is 0. The Morgan fingerprint density at radius 3 is 2.47 bits per heavy atom. The fraction of sp³-hybridized carbons (Fsp3) is 0.143. The van der Waals surface area contributed by atoms with Gasteiger partial charge in [0, 0.05) is 23.2 Å². The fourth-order valence-electron chi connectivity index (χ4n) is 1.98. The number of rotatable bonds is 4. The third-order valence-electron chi connectivity index (χ3n) is 2.85. The second-order valence-corrected chi connectivity index (χ2v) is 4.62. The van der Waals surface area contributed by atoms with Gasteiger partial charge in [-0.2, -0.15) is 0 Å². The predicted octanol–water partition coefficient (Wildman–Crippen LogP) is 2.63. The van der Waals surface area contributed by atoms with Crippen LogP contribution in [0.3, 0.4) is 0 Å². The first-order chi connectivity index (χ1) is 9.06. The molecule has 1 heterocycles. The molecule has 0 spiro atoms. The average Bonchev–Trinajstić information content (AvgIpc) is 2.37. The van der Waals surface area contributed by atoms with Crippen LogP contribution in [0.25, 0.3) is 0 Å². The summed E-state index contributed by atoms with van der Waals surface area (Å²) in [7, 11) is 0. The molecule has 0 aliphatic rings. The number of aliphatic carboxylic acids is 1. The van der Waals surface area contributed by atoms with E-state index in [4.69, 9.17) is 16.7 Å². The molecule has 0 radical (unpaired) electrons. The van der Waals surface area contributed by atoms with Crippen LogP contribution in [-0.4, -0.2) is 16.1 Å². The summed E-state index contributed by atoms with van der Waals surface area (Å²) >= 11 is 5.82. The lowest BCUT2D eigenvalue weighted by atomic mass is 9.89. The van der Waals surface area contributed by atoms with Gasteiger partial charge in [0.25, 0.3) is 0 Å². The Morgan fingerprint density at radius 2 is 1.89 bits per heavy atom. The minimum atomic E-state index is -0.916. The molecule has 0 aliphatic heterocycles. The highest BCUT2D eigenvalue weighted by molar-refractivity contribution is 6.30. The standard InChI is InChI=1S/C14H12ClNO3/c15-11-3-1-9(2-4-11)12(8-14(18)19)10-5-6-16-13(17)7-10/h1-7,12H,8H2,(H,16,17)(H,18,19)/t12-/m0/s1. The second-order valence-electron chi connectivity index (χ2n) is 4.19. The molecule has 1 aromatic heterocycles. The lowest BCUT2D eigenvalue weighted by Gasteiger charge is -2.15. The smallest absolute Gasteiger partial charge is 0.304 e. The van der Waals surface area contributed by atoms with Crippen molar-refractivity contribution in [3.05, 3.63) is 69.1 Å². The van der Waals surface area contributed by atoms with Crippen LogP contribution < -0.4 is 5.56 Å². The summed E-state index contributed by atoms with van der Waals surface area (Å²) in [4.78, 5) is 24.9. The summed E-state index contributed by atoms with van der Waals surface area (Å²) in [5.41, 5.74) is 1.24. The third-order valence-corrected chi connectivity index (χ3v) is 3.10. The Hall–Kier alpha value is -2.07. The highest BCUT2D eigenvalue weighted by Crippen LogP contribution is 2.28. The normalized spacial score (nSPS) is 12.1. The quantitative estimate of drug-likeness (QED) is 0.902. The highest BCUT2D eigenvalue weighted by atomic mass is 35.5. The molecule has 0 saturated carbocycles. The maximum absolute atomic E-state index is 11.3. The number of hydrogen-bond donors (Lipinski definition) is 2. The number of pyridine rings is 1. The number of carboxylic acids is 1. The van der Waals surface area contributed by atoms with Crippen molar-refractivity contribution < 1.29 is 9.90 Å². The van der Waals surface area contributed by atoms with Gasteiger partial charge in [-0.3, -0.25) is 9.59 Å². The first-order valence-electron chi connectivity index (χ1n) is 5.72. The van der Waals surface area contributed by atoms with Crippen molar-refractivity contribution in [1.29, 1.82) is 0 Å². The Balaban J connectivity index is 2.43. The van der Waals surface area contributed by atoms with E-state index in [0.29, 0.717) is 10.6 Å². The fourth-order valence-corrected chi connectivity index (χ4v) is 2.10. The summed E-state index contributed by atoms with van der Waals surface area (Å²) in [5.74, 6) is -1.28. The molecule has 5 heteroatoms. The Bertz CT molecular complexity index is 634. The Morgan fingerprint density at radius 1 is 1.21 bits per heavy atom.